The number of piperidine rings is 1. The Morgan fingerprint density at radius 2 is 1.97 bits per heavy atom. The quantitative estimate of drug-likeness (QED) is 0.723. The fourth-order valence-corrected chi connectivity index (χ4v) is 4.48. The third kappa shape index (κ3) is 3.19. The lowest BCUT2D eigenvalue weighted by atomic mass is 10.1. The van der Waals surface area contributed by atoms with Gasteiger partial charge in [-0.25, -0.2) is 4.98 Å². The monoisotopic (exact) mass is 405 g/mol. The molecule has 1 fully saturated rings. The van der Waals surface area contributed by atoms with Crippen molar-refractivity contribution in [1.29, 1.82) is 0 Å². The van der Waals surface area contributed by atoms with Gasteiger partial charge < -0.3 is 19.8 Å². The number of hydrogen-bond acceptors (Lipinski definition) is 5. The van der Waals surface area contributed by atoms with Crippen molar-refractivity contribution >= 4 is 22.9 Å². The molecule has 2 aromatic heterocycles. The molecule has 3 aromatic rings. The summed E-state index contributed by atoms with van der Waals surface area (Å²) in [4.78, 5) is 21.5. The highest BCUT2D eigenvalue weighted by molar-refractivity contribution is 6.00. The van der Waals surface area contributed by atoms with Crippen molar-refractivity contribution in [3.8, 4) is 17.0 Å². The smallest absolute Gasteiger partial charge is 0.267 e. The van der Waals surface area contributed by atoms with Crippen LogP contribution < -0.4 is 15.4 Å². The maximum atomic E-state index is 12.4. The molecule has 7 heteroatoms. The number of imidazole rings is 1. The van der Waals surface area contributed by atoms with Crippen LogP contribution in [0.2, 0.25) is 0 Å². The predicted octanol–water partition coefficient (Wildman–Crippen LogP) is 3.31. The van der Waals surface area contributed by atoms with E-state index in [1.807, 2.05) is 36.5 Å². The van der Waals surface area contributed by atoms with Gasteiger partial charge in [-0.2, -0.15) is 0 Å². The van der Waals surface area contributed by atoms with Crippen LogP contribution >= 0.6 is 0 Å². The summed E-state index contributed by atoms with van der Waals surface area (Å²) in [6.45, 7) is 4.79. The molecular formula is C23H27N5O2. The molecule has 7 nitrogen and oxygen atoms in total. The van der Waals surface area contributed by atoms with Crippen LogP contribution in [0.4, 0.5) is 11.4 Å². The van der Waals surface area contributed by atoms with Gasteiger partial charge >= 0.3 is 0 Å². The number of aromatic nitrogens is 2. The number of carbonyl (C=O) groups excluding carboxylic acids is 1. The first kappa shape index (κ1) is 18.9. The number of nitrogen functional groups attached to an aromatic ring is 1. The Morgan fingerprint density at radius 3 is 2.77 bits per heavy atom. The Balaban J connectivity index is 1.62. The number of nitrogens with zero attached hydrogens (tertiary/aromatic N) is 4. The zero-order chi connectivity index (χ0) is 20.8. The molecule has 1 saturated heterocycles. The summed E-state index contributed by atoms with van der Waals surface area (Å²) in [6, 6.07) is 9.81. The van der Waals surface area contributed by atoms with Gasteiger partial charge in [-0.1, -0.05) is 6.42 Å². The number of fused-ring (bicyclic) bond motifs is 2. The standard InChI is InChI=1S/C23H27N5O2/c1-15-23(29)26(2)18-12-16(6-8-20(18)30-15)22-19(14-27-10-4-3-5-11-27)28-13-17(24)7-9-21(28)25-22/h6-9,12-13,15H,3-5,10-11,14,24H2,1-2H3. The number of carbonyl (C=O) groups is 1. The van der Waals surface area contributed by atoms with E-state index in [2.05, 4.69) is 9.30 Å². The molecular weight excluding hydrogens is 378 g/mol. The molecule has 1 atom stereocenters. The maximum absolute atomic E-state index is 12.4. The van der Waals surface area contributed by atoms with Crippen LogP contribution in [0.25, 0.3) is 16.9 Å². The van der Waals surface area contributed by atoms with Gasteiger partial charge in [-0.3, -0.25) is 9.69 Å². The number of anilines is 2. The van der Waals surface area contributed by atoms with Crippen LogP contribution in [-0.4, -0.2) is 46.4 Å². The molecule has 0 spiro atoms. The molecule has 4 heterocycles. The van der Waals surface area contributed by atoms with Crippen LogP contribution in [0, 0.1) is 0 Å². The van der Waals surface area contributed by atoms with Gasteiger partial charge in [0.2, 0.25) is 0 Å². The first-order valence-electron chi connectivity index (χ1n) is 10.6. The van der Waals surface area contributed by atoms with E-state index < -0.39 is 6.10 Å². The van der Waals surface area contributed by atoms with E-state index in [4.69, 9.17) is 15.5 Å². The summed E-state index contributed by atoms with van der Waals surface area (Å²) < 4.78 is 7.89. The van der Waals surface area contributed by atoms with Crippen molar-refractivity contribution in [1.82, 2.24) is 14.3 Å². The zero-order valence-electron chi connectivity index (χ0n) is 17.5. The van der Waals surface area contributed by atoms with E-state index in [9.17, 15) is 4.79 Å². The maximum Gasteiger partial charge on any atom is 0.267 e. The summed E-state index contributed by atoms with van der Waals surface area (Å²) in [6.07, 6.45) is 5.24. The SMILES string of the molecule is CC1Oc2ccc(-c3nc4ccc(N)cn4c3CN3CCCCC3)cc2N(C)C1=O. The van der Waals surface area contributed by atoms with Crippen molar-refractivity contribution in [2.45, 2.75) is 38.8 Å². The Bertz CT molecular complexity index is 1120. The van der Waals surface area contributed by atoms with Crippen LogP contribution in [0.15, 0.2) is 36.5 Å². The van der Waals surface area contributed by atoms with Crippen LogP contribution in [0.5, 0.6) is 5.75 Å². The Morgan fingerprint density at radius 1 is 1.17 bits per heavy atom. The number of amides is 1. The highest BCUT2D eigenvalue weighted by Crippen LogP contribution is 2.38. The van der Waals surface area contributed by atoms with Gasteiger partial charge in [0.1, 0.15) is 11.4 Å². The highest BCUT2D eigenvalue weighted by Gasteiger charge is 2.29. The van der Waals surface area contributed by atoms with Crippen molar-refractivity contribution in [3.63, 3.8) is 0 Å². The van der Waals surface area contributed by atoms with Crippen LogP contribution in [0.1, 0.15) is 31.9 Å². The van der Waals surface area contributed by atoms with E-state index in [1.165, 1.54) is 19.3 Å². The predicted molar refractivity (Wildman–Crippen MR) is 118 cm³/mol. The minimum atomic E-state index is -0.471. The van der Waals surface area contributed by atoms with Crippen molar-refractivity contribution in [2.75, 3.05) is 30.8 Å². The number of benzene rings is 1. The Labute approximate surface area is 176 Å². The molecule has 156 valence electrons. The number of likely N-dealkylation sites (N-methyl/N-ethyl adjacent to an activating group) is 1. The lowest BCUT2D eigenvalue weighted by Crippen LogP contribution is -2.41. The largest absolute Gasteiger partial charge is 0.479 e. The van der Waals surface area contributed by atoms with Crippen LogP contribution in [0.3, 0.4) is 0 Å². The van der Waals surface area contributed by atoms with Gasteiger partial charge in [-0.05, 0) is 63.2 Å². The molecule has 2 N–H and O–H groups in total. The van der Waals surface area contributed by atoms with Gasteiger partial charge in [0.25, 0.3) is 5.91 Å². The molecule has 30 heavy (non-hydrogen) atoms. The summed E-state index contributed by atoms with van der Waals surface area (Å²) in [5, 5.41) is 0. The normalized spacial score (nSPS) is 19.7. The molecule has 1 aromatic carbocycles. The topological polar surface area (TPSA) is 76.1 Å². The van der Waals surface area contributed by atoms with Crippen molar-refractivity contribution in [3.05, 3.63) is 42.2 Å². The summed E-state index contributed by atoms with van der Waals surface area (Å²) >= 11 is 0. The van der Waals surface area contributed by atoms with E-state index in [1.54, 1.807) is 18.9 Å². The van der Waals surface area contributed by atoms with Crippen molar-refractivity contribution < 1.29 is 9.53 Å². The second-order valence-corrected chi connectivity index (χ2v) is 8.27. The Kier molecular flexibility index (Phi) is 4.62. The molecule has 0 radical (unpaired) electrons. The van der Waals surface area contributed by atoms with E-state index in [0.717, 1.165) is 53.7 Å². The number of ether oxygens (including phenoxy) is 1. The van der Waals surface area contributed by atoms with E-state index >= 15 is 0 Å². The second kappa shape index (κ2) is 7.32. The minimum Gasteiger partial charge on any atom is -0.479 e. The lowest BCUT2D eigenvalue weighted by Gasteiger charge is -2.30. The summed E-state index contributed by atoms with van der Waals surface area (Å²) in [5.41, 5.74) is 11.5. The Hall–Kier alpha value is -3.06. The first-order valence-corrected chi connectivity index (χ1v) is 10.6. The van der Waals surface area contributed by atoms with Gasteiger partial charge in [0.05, 0.1) is 17.1 Å². The fraction of sp³-hybridized carbons (Fsp3) is 0.391. The van der Waals surface area contributed by atoms with Gasteiger partial charge in [0.15, 0.2) is 6.10 Å². The fourth-order valence-electron chi connectivity index (χ4n) is 4.48. The van der Waals surface area contributed by atoms with Crippen molar-refractivity contribution in [2.24, 2.45) is 0 Å². The molecule has 5 rings (SSSR count). The molecule has 2 aliphatic heterocycles. The van der Waals surface area contributed by atoms with Gasteiger partial charge in [-0.15, -0.1) is 0 Å². The number of pyridine rings is 1. The highest BCUT2D eigenvalue weighted by atomic mass is 16.5. The lowest BCUT2D eigenvalue weighted by molar-refractivity contribution is -0.125. The molecule has 0 bridgehead atoms. The zero-order valence-corrected chi connectivity index (χ0v) is 17.5. The average Bonchev–Trinajstić information content (AvgIpc) is 3.10. The molecule has 0 saturated carbocycles. The van der Waals surface area contributed by atoms with Gasteiger partial charge in [0, 0.05) is 31.0 Å². The number of hydrogen-bond donors (Lipinski definition) is 1. The molecule has 1 unspecified atom stereocenters. The first-order chi connectivity index (χ1) is 14.5. The number of nitrogens with two attached hydrogens (primary N) is 1. The van der Waals surface area contributed by atoms with Crippen LogP contribution in [-0.2, 0) is 11.3 Å². The number of rotatable bonds is 3. The summed E-state index contributed by atoms with van der Waals surface area (Å²) in [5.74, 6) is 0.676. The molecule has 1 amide bonds. The summed E-state index contributed by atoms with van der Waals surface area (Å²) in [7, 11) is 1.79. The van der Waals surface area contributed by atoms with E-state index in [-0.39, 0.29) is 5.91 Å². The molecule has 0 aliphatic carbocycles. The average molecular weight is 406 g/mol. The van der Waals surface area contributed by atoms with E-state index in [0.29, 0.717) is 5.69 Å². The minimum absolute atomic E-state index is 0.0454. The number of likely N-dealkylation sites (tertiary alicyclic amines) is 1. The molecule has 2 aliphatic rings. The third-order valence-corrected chi connectivity index (χ3v) is 6.14. The third-order valence-electron chi connectivity index (χ3n) is 6.14. The second-order valence-electron chi connectivity index (χ2n) is 8.27.